The number of carbonyl (C=O) groups excluding carboxylic acids is 1. The van der Waals surface area contributed by atoms with Gasteiger partial charge in [0.2, 0.25) is 0 Å². The number of aryl methyl sites for hydroxylation is 1. The predicted molar refractivity (Wildman–Crippen MR) is 116 cm³/mol. The van der Waals surface area contributed by atoms with Crippen molar-refractivity contribution in [1.29, 1.82) is 0 Å². The number of aliphatic carboxylic acids is 1. The molecule has 29 heavy (non-hydrogen) atoms. The van der Waals surface area contributed by atoms with Gasteiger partial charge in [0.05, 0.1) is 6.85 Å². The Balaban J connectivity index is 1.96. The van der Waals surface area contributed by atoms with Crippen LogP contribution in [0.15, 0.2) is 66.7 Å². The van der Waals surface area contributed by atoms with E-state index < -0.39 is 29.9 Å². The fourth-order valence-electron chi connectivity index (χ4n) is 3.41. The van der Waals surface area contributed by atoms with Crippen molar-refractivity contribution in [2.24, 2.45) is 0 Å². The van der Waals surface area contributed by atoms with Crippen molar-refractivity contribution in [3.8, 4) is 0 Å². The number of carbonyl (C=O) groups is 2. The van der Waals surface area contributed by atoms with Gasteiger partial charge in [0.15, 0.2) is 5.78 Å². The quantitative estimate of drug-likeness (QED) is 0.303. The average molecular weight is 411 g/mol. The summed E-state index contributed by atoms with van der Waals surface area (Å²) in [6, 6.07) is 8.50. The third-order valence-electron chi connectivity index (χ3n) is 4.80. The van der Waals surface area contributed by atoms with Gasteiger partial charge in [-0.3, -0.25) is 9.59 Å². The van der Waals surface area contributed by atoms with Gasteiger partial charge in [-0.05, 0) is 36.4 Å². The van der Waals surface area contributed by atoms with Crippen LogP contribution in [0.1, 0.15) is 42.0 Å². The Morgan fingerprint density at radius 3 is 2.52 bits per heavy atom. The Morgan fingerprint density at radius 2 is 1.72 bits per heavy atom. The molecule has 1 N–H and O–H groups in total. The molecule has 0 aliphatic rings. The number of carboxylic acids is 1. The number of para-hydroxylation sites is 1. The zero-order valence-corrected chi connectivity index (χ0v) is 16.1. The van der Waals surface area contributed by atoms with Crippen molar-refractivity contribution in [3.05, 3.63) is 82.9 Å². The molecule has 0 atom stereocenters. The van der Waals surface area contributed by atoms with E-state index in [0.29, 0.717) is 28.6 Å². The molecule has 0 bridgehead atoms. The van der Waals surface area contributed by atoms with Gasteiger partial charge < -0.3 is 9.67 Å². The maximum Gasteiger partial charge on any atom is 0.303 e. The SMILES string of the molecule is [2H]c1c([2H])c([2H])c2c(c1[2H])c(C(=O)c1ccc(Cl)c3ccccc13)c([2H])n2CCCCC(=O)O. The number of unbranched alkanes of at least 4 members (excludes halogenated alkanes) is 1. The monoisotopic (exact) mass is 410 g/mol. The highest BCUT2D eigenvalue weighted by Crippen LogP contribution is 2.30. The molecule has 0 unspecified atom stereocenters. The Kier molecular flexibility index (Phi) is 3.90. The van der Waals surface area contributed by atoms with E-state index in [2.05, 4.69) is 0 Å². The van der Waals surface area contributed by atoms with Crippen LogP contribution in [0.2, 0.25) is 5.02 Å². The Morgan fingerprint density at radius 1 is 0.966 bits per heavy atom. The molecule has 1 aromatic heterocycles. The molecular weight excluding hydrogens is 386 g/mol. The van der Waals surface area contributed by atoms with E-state index in [1.807, 2.05) is 0 Å². The lowest BCUT2D eigenvalue weighted by molar-refractivity contribution is -0.137. The molecule has 4 rings (SSSR count). The van der Waals surface area contributed by atoms with E-state index in [-0.39, 0.29) is 47.2 Å². The molecule has 4 aromatic rings. The number of aromatic nitrogens is 1. The summed E-state index contributed by atoms with van der Waals surface area (Å²) in [5, 5.41) is 10.6. The van der Waals surface area contributed by atoms with E-state index in [9.17, 15) is 9.59 Å². The summed E-state index contributed by atoms with van der Waals surface area (Å²) in [6.45, 7) is 0.138. The third kappa shape index (κ3) is 3.76. The lowest BCUT2D eigenvalue weighted by Gasteiger charge is -2.07. The molecule has 0 amide bonds. The molecule has 4 nitrogen and oxygen atoms in total. The van der Waals surface area contributed by atoms with E-state index in [1.54, 1.807) is 36.4 Å². The van der Waals surface area contributed by atoms with E-state index in [0.717, 1.165) is 0 Å². The lowest BCUT2D eigenvalue weighted by Crippen LogP contribution is -2.02. The van der Waals surface area contributed by atoms with Gasteiger partial charge in [-0.1, -0.05) is 54.0 Å². The van der Waals surface area contributed by atoms with Crippen LogP contribution >= 0.6 is 11.6 Å². The number of hydrogen-bond donors (Lipinski definition) is 1. The fourth-order valence-corrected chi connectivity index (χ4v) is 3.64. The maximum absolute atomic E-state index is 13.8. The van der Waals surface area contributed by atoms with E-state index in [1.165, 1.54) is 4.57 Å². The highest BCUT2D eigenvalue weighted by Gasteiger charge is 2.19. The standard InChI is InChI=1S/C24H20ClNO3/c25-21-13-12-19(16-7-1-2-8-17(16)21)24(29)20-15-26(14-6-5-11-23(27)28)22-10-4-3-9-18(20)22/h1-4,7-10,12-13,15H,5-6,11,14H2,(H,27,28)/i3D,4D,9D,10D,15D. The van der Waals surface area contributed by atoms with Gasteiger partial charge in [0.1, 0.15) is 0 Å². The molecule has 0 spiro atoms. The Bertz CT molecular complexity index is 1480. The van der Waals surface area contributed by atoms with Crippen molar-refractivity contribution < 1.29 is 21.5 Å². The van der Waals surface area contributed by atoms with Crippen LogP contribution in [0.25, 0.3) is 21.7 Å². The van der Waals surface area contributed by atoms with Crippen LogP contribution in [0.5, 0.6) is 0 Å². The van der Waals surface area contributed by atoms with Gasteiger partial charge in [-0.15, -0.1) is 0 Å². The summed E-state index contributed by atoms with van der Waals surface area (Å²) in [4.78, 5) is 24.6. The first-order chi connectivity index (χ1) is 16.1. The summed E-state index contributed by atoms with van der Waals surface area (Å²) in [6.07, 6.45) is 0.390. The molecule has 5 heteroatoms. The number of nitrogens with zero attached hydrogens (tertiary/aromatic N) is 1. The highest BCUT2D eigenvalue weighted by atomic mass is 35.5. The smallest absolute Gasteiger partial charge is 0.303 e. The number of ketones is 1. The first-order valence-electron chi connectivity index (χ1n) is 11.7. The largest absolute Gasteiger partial charge is 0.481 e. The number of carboxylic acid groups (broad SMARTS) is 1. The third-order valence-corrected chi connectivity index (χ3v) is 5.13. The van der Waals surface area contributed by atoms with Crippen molar-refractivity contribution in [3.63, 3.8) is 0 Å². The van der Waals surface area contributed by atoms with Crippen molar-refractivity contribution >= 4 is 45.0 Å². The van der Waals surface area contributed by atoms with Gasteiger partial charge in [-0.2, -0.15) is 0 Å². The minimum atomic E-state index is -0.948. The number of halogens is 1. The average Bonchev–Trinajstić information content (AvgIpc) is 3.11. The number of fused-ring (bicyclic) bond motifs is 2. The van der Waals surface area contributed by atoms with Crippen LogP contribution in [-0.2, 0) is 11.3 Å². The Labute approximate surface area is 180 Å². The van der Waals surface area contributed by atoms with Gasteiger partial charge in [-0.25, -0.2) is 0 Å². The molecule has 0 fully saturated rings. The van der Waals surface area contributed by atoms with Crippen molar-refractivity contribution in [2.75, 3.05) is 0 Å². The van der Waals surface area contributed by atoms with Crippen LogP contribution in [0, 0.1) is 0 Å². The van der Waals surface area contributed by atoms with E-state index in [4.69, 9.17) is 23.6 Å². The zero-order chi connectivity index (χ0) is 24.7. The van der Waals surface area contributed by atoms with Gasteiger partial charge in [0.25, 0.3) is 0 Å². The topological polar surface area (TPSA) is 59.3 Å². The summed E-state index contributed by atoms with van der Waals surface area (Å²) >= 11 is 6.29. The number of rotatable bonds is 7. The van der Waals surface area contributed by atoms with Crippen LogP contribution in [-0.4, -0.2) is 21.4 Å². The number of benzene rings is 3. The first-order valence-corrected chi connectivity index (χ1v) is 9.55. The van der Waals surface area contributed by atoms with Crippen LogP contribution < -0.4 is 0 Å². The molecule has 0 aliphatic carbocycles. The second-order valence-corrected chi connectivity index (χ2v) is 7.09. The lowest BCUT2D eigenvalue weighted by atomic mass is 9.97. The van der Waals surface area contributed by atoms with Gasteiger partial charge in [0, 0.05) is 51.6 Å². The van der Waals surface area contributed by atoms with Crippen molar-refractivity contribution in [1.82, 2.24) is 4.57 Å². The molecule has 1 heterocycles. The van der Waals surface area contributed by atoms with Crippen molar-refractivity contribution in [2.45, 2.75) is 25.8 Å². The van der Waals surface area contributed by atoms with Crippen LogP contribution in [0.3, 0.4) is 0 Å². The second kappa shape index (κ2) is 8.10. The summed E-state index contributed by atoms with van der Waals surface area (Å²) in [5.41, 5.74) is 0.214. The van der Waals surface area contributed by atoms with Crippen LogP contribution in [0.4, 0.5) is 0 Å². The summed E-state index contributed by atoms with van der Waals surface area (Å²) in [7, 11) is 0. The Hall–Kier alpha value is -3.11. The normalized spacial score (nSPS) is 13.6. The highest BCUT2D eigenvalue weighted by molar-refractivity contribution is 6.36. The van der Waals surface area contributed by atoms with Gasteiger partial charge >= 0.3 is 5.97 Å². The molecule has 146 valence electrons. The molecule has 3 aromatic carbocycles. The zero-order valence-electron chi connectivity index (χ0n) is 20.4. The van der Waals surface area contributed by atoms with E-state index >= 15 is 0 Å². The minimum Gasteiger partial charge on any atom is -0.481 e. The summed E-state index contributed by atoms with van der Waals surface area (Å²) in [5.74, 6) is -1.49. The molecule has 0 saturated heterocycles. The summed E-state index contributed by atoms with van der Waals surface area (Å²) < 4.78 is 43.2. The molecule has 0 radical (unpaired) electrons. The maximum atomic E-state index is 13.8. The molecule has 0 saturated carbocycles. The second-order valence-electron chi connectivity index (χ2n) is 6.68. The molecular formula is C24H20ClNO3. The first kappa shape index (κ1) is 14.0. The predicted octanol–water partition coefficient (Wildman–Crippen LogP) is 5.93. The minimum absolute atomic E-state index is 0.0155. The fraction of sp³-hybridized carbons (Fsp3) is 0.167. The number of hydrogen-bond acceptors (Lipinski definition) is 2. The molecule has 0 aliphatic heterocycles.